The van der Waals surface area contributed by atoms with Crippen molar-refractivity contribution < 1.29 is 0 Å². The number of benzene rings is 2. The van der Waals surface area contributed by atoms with Crippen LogP contribution in [-0.2, 0) is 5.41 Å². The van der Waals surface area contributed by atoms with Gasteiger partial charge in [0.15, 0.2) is 5.84 Å². The van der Waals surface area contributed by atoms with Gasteiger partial charge in [-0.2, -0.15) is 5.10 Å². The minimum Gasteiger partial charge on any atom is -0.289 e. The molecule has 3 aromatic rings. The zero-order valence-electron chi connectivity index (χ0n) is 16.2. The Morgan fingerprint density at radius 3 is 2.37 bits per heavy atom. The fourth-order valence-corrected chi connectivity index (χ4v) is 3.05. The molecular weight excluding hydrogens is 356 g/mol. The molecular formula is C22H25ClN4. The van der Waals surface area contributed by atoms with Crippen molar-refractivity contribution in [1.82, 2.24) is 9.55 Å². The second kappa shape index (κ2) is 7.97. The highest BCUT2D eigenvalue weighted by molar-refractivity contribution is 6.34. The summed E-state index contributed by atoms with van der Waals surface area (Å²) in [5, 5.41) is 7.55. The Morgan fingerprint density at radius 1 is 1.11 bits per heavy atom. The standard InChI is InChI=1S/C22H25ClN4/c1-5-27(18-12-10-17(11-13-18)22(2,3)4)25-21(26-15-14-24-16-26)19-8-6-7-9-20(19)23/h6-16H,5H2,1-4H3. The summed E-state index contributed by atoms with van der Waals surface area (Å²) < 4.78 is 1.88. The van der Waals surface area contributed by atoms with Gasteiger partial charge in [0.1, 0.15) is 6.33 Å². The lowest BCUT2D eigenvalue weighted by molar-refractivity contribution is 0.590. The molecule has 0 aliphatic carbocycles. The van der Waals surface area contributed by atoms with E-state index < -0.39 is 0 Å². The highest BCUT2D eigenvalue weighted by Crippen LogP contribution is 2.26. The van der Waals surface area contributed by atoms with Crippen LogP contribution in [0.25, 0.3) is 0 Å². The van der Waals surface area contributed by atoms with Crippen LogP contribution in [0.2, 0.25) is 5.02 Å². The number of anilines is 1. The fourth-order valence-electron chi connectivity index (χ4n) is 2.83. The van der Waals surface area contributed by atoms with Gasteiger partial charge in [0.2, 0.25) is 0 Å². The highest BCUT2D eigenvalue weighted by atomic mass is 35.5. The predicted octanol–water partition coefficient (Wildman–Crippen LogP) is 5.57. The van der Waals surface area contributed by atoms with Gasteiger partial charge in [0.25, 0.3) is 0 Å². The summed E-state index contributed by atoms with van der Waals surface area (Å²) in [6.45, 7) is 9.46. The predicted molar refractivity (Wildman–Crippen MR) is 114 cm³/mol. The molecule has 1 heterocycles. The van der Waals surface area contributed by atoms with E-state index in [0.29, 0.717) is 5.02 Å². The second-order valence-electron chi connectivity index (χ2n) is 7.39. The molecule has 0 aliphatic heterocycles. The Kier molecular flexibility index (Phi) is 5.66. The van der Waals surface area contributed by atoms with E-state index in [-0.39, 0.29) is 5.41 Å². The van der Waals surface area contributed by atoms with Crippen LogP contribution in [0.15, 0.2) is 72.4 Å². The number of aromatic nitrogens is 2. The van der Waals surface area contributed by atoms with E-state index in [1.54, 1.807) is 12.5 Å². The SMILES string of the molecule is CCN(N=C(c1ccccc1Cl)n1ccnc1)c1ccc(C(C)(C)C)cc1. The molecule has 0 saturated carbocycles. The number of rotatable bonds is 4. The van der Waals surface area contributed by atoms with E-state index in [4.69, 9.17) is 16.7 Å². The van der Waals surface area contributed by atoms with Gasteiger partial charge in [-0.25, -0.2) is 4.98 Å². The topological polar surface area (TPSA) is 33.4 Å². The summed E-state index contributed by atoms with van der Waals surface area (Å²) >= 11 is 6.45. The Labute approximate surface area is 166 Å². The average Bonchev–Trinajstić information content (AvgIpc) is 3.17. The summed E-state index contributed by atoms with van der Waals surface area (Å²) in [4.78, 5) is 4.16. The monoisotopic (exact) mass is 380 g/mol. The molecule has 0 atom stereocenters. The lowest BCUT2D eigenvalue weighted by Crippen LogP contribution is -2.23. The van der Waals surface area contributed by atoms with E-state index >= 15 is 0 Å². The van der Waals surface area contributed by atoms with Crippen LogP contribution < -0.4 is 5.01 Å². The van der Waals surface area contributed by atoms with Gasteiger partial charge >= 0.3 is 0 Å². The molecule has 5 heteroatoms. The van der Waals surface area contributed by atoms with Crippen molar-refractivity contribution in [1.29, 1.82) is 0 Å². The van der Waals surface area contributed by atoms with Gasteiger partial charge in [0, 0.05) is 24.5 Å². The number of hydrogen-bond acceptors (Lipinski definition) is 3. The van der Waals surface area contributed by atoms with E-state index in [1.165, 1.54) is 5.56 Å². The normalized spacial score (nSPS) is 12.3. The van der Waals surface area contributed by atoms with Crippen LogP contribution >= 0.6 is 11.6 Å². The molecule has 140 valence electrons. The van der Waals surface area contributed by atoms with E-state index in [0.717, 1.165) is 23.6 Å². The first-order valence-electron chi connectivity index (χ1n) is 9.10. The fraction of sp³-hybridized carbons (Fsp3) is 0.273. The van der Waals surface area contributed by atoms with Gasteiger partial charge in [-0.05, 0) is 42.2 Å². The molecule has 0 amide bonds. The number of halogens is 1. The van der Waals surface area contributed by atoms with E-state index in [2.05, 4.69) is 56.9 Å². The van der Waals surface area contributed by atoms with Crippen molar-refractivity contribution in [3.63, 3.8) is 0 Å². The molecule has 0 N–H and O–H groups in total. The molecule has 0 radical (unpaired) electrons. The quantitative estimate of drug-likeness (QED) is 0.337. The summed E-state index contributed by atoms with van der Waals surface area (Å²) in [6.07, 6.45) is 5.35. The molecule has 0 unspecified atom stereocenters. The first kappa shape index (κ1) is 19.2. The maximum Gasteiger partial charge on any atom is 0.167 e. The van der Waals surface area contributed by atoms with E-state index in [1.807, 2.05) is 40.0 Å². The third-order valence-corrected chi connectivity index (χ3v) is 4.74. The molecule has 0 fully saturated rings. The first-order valence-corrected chi connectivity index (χ1v) is 9.48. The lowest BCUT2D eigenvalue weighted by Gasteiger charge is -2.23. The summed E-state index contributed by atoms with van der Waals surface area (Å²) in [5.74, 6) is 0.736. The molecule has 2 aromatic carbocycles. The smallest absolute Gasteiger partial charge is 0.167 e. The molecule has 0 bridgehead atoms. The third-order valence-electron chi connectivity index (χ3n) is 4.41. The Hall–Kier alpha value is -2.59. The molecule has 0 spiro atoms. The number of imidazole rings is 1. The van der Waals surface area contributed by atoms with Crippen LogP contribution in [0, 0.1) is 0 Å². The Balaban J connectivity index is 2.04. The molecule has 27 heavy (non-hydrogen) atoms. The van der Waals surface area contributed by atoms with Crippen LogP contribution in [0.4, 0.5) is 5.69 Å². The van der Waals surface area contributed by atoms with Crippen LogP contribution in [0.1, 0.15) is 38.8 Å². The van der Waals surface area contributed by atoms with Crippen LogP contribution in [0.5, 0.6) is 0 Å². The average molecular weight is 381 g/mol. The van der Waals surface area contributed by atoms with Crippen molar-refractivity contribution in [2.75, 3.05) is 11.6 Å². The van der Waals surface area contributed by atoms with Crippen LogP contribution in [-0.4, -0.2) is 21.9 Å². The lowest BCUT2D eigenvalue weighted by atomic mass is 9.87. The second-order valence-corrected chi connectivity index (χ2v) is 7.79. The van der Waals surface area contributed by atoms with Crippen molar-refractivity contribution in [3.05, 3.63) is 83.4 Å². The molecule has 3 rings (SSSR count). The van der Waals surface area contributed by atoms with Crippen molar-refractivity contribution >= 4 is 23.1 Å². The largest absolute Gasteiger partial charge is 0.289 e. The molecule has 0 saturated heterocycles. The number of hydrogen-bond donors (Lipinski definition) is 0. The van der Waals surface area contributed by atoms with Crippen molar-refractivity contribution in [2.45, 2.75) is 33.1 Å². The molecule has 0 aliphatic rings. The van der Waals surface area contributed by atoms with Gasteiger partial charge in [-0.15, -0.1) is 0 Å². The Morgan fingerprint density at radius 2 is 1.81 bits per heavy atom. The first-order chi connectivity index (χ1) is 12.9. The van der Waals surface area contributed by atoms with Crippen LogP contribution in [0.3, 0.4) is 0 Å². The van der Waals surface area contributed by atoms with E-state index in [9.17, 15) is 0 Å². The van der Waals surface area contributed by atoms with Crippen molar-refractivity contribution in [3.8, 4) is 0 Å². The maximum absolute atomic E-state index is 6.45. The Bertz CT molecular complexity index is 906. The number of hydrazone groups is 1. The zero-order chi connectivity index (χ0) is 19.4. The van der Waals surface area contributed by atoms with Gasteiger partial charge in [-0.1, -0.05) is 56.6 Å². The summed E-state index contributed by atoms with van der Waals surface area (Å²) in [7, 11) is 0. The maximum atomic E-state index is 6.45. The third kappa shape index (κ3) is 4.40. The van der Waals surface area contributed by atoms with Gasteiger partial charge in [-0.3, -0.25) is 9.58 Å². The highest BCUT2D eigenvalue weighted by Gasteiger charge is 2.15. The number of nitrogens with zero attached hydrogens (tertiary/aromatic N) is 4. The van der Waals surface area contributed by atoms with Gasteiger partial charge < -0.3 is 0 Å². The summed E-state index contributed by atoms with van der Waals surface area (Å²) in [5.41, 5.74) is 3.32. The molecule has 1 aromatic heterocycles. The zero-order valence-corrected chi connectivity index (χ0v) is 17.0. The molecule has 4 nitrogen and oxygen atoms in total. The van der Waals surface area contributed by atoms with Gasteiger partial charge in [0.05, 0.1) is 10.7 Å². The minimum absolute atomic E-state index is 0.123. The van der Waals surface area contributed by atoms with Crippen molar-refractivity contribution in [2.24, 2.45) is 5.10 Å². The minimum atomic E-state index is 0.123. The summed E-state index contributed by atoms with van der Waals surface area (Å²) in [6, 6.07) is 16.3.